The van der Waals surface area contributed by atoms with Crippen molar-refractivity contribution >= 4 is 11.8 Å². The molecule has 2 unspecified atom stereocenters. The molecule has 0 spiro atoms. The van der Waals surface area contributed by atoms with Crippen LogP contribution in [0.2, 0.25) is 0 Å². The van der Waals surface area contributed by atoms with Gasteiger partial charge in [-0.25, -0.2) is 0 Å². The Kier molecular flexibility index (Phi) is 8.24. The van der Waals surface area contributed by atoms with Crippen molar-refractivity contribution in [3.05, 3.63) is 35.9 Å². The third kappa shape index (κ3) is 6.01. The van der Waals surface area contributed by atoms with Gasteiger partial charge in [-0.1, -0.05) is 58.0 Å². The second-order valence-electron chi connectivity index (χ2n) is 5.45. The van der Waals surface area contributed by atoms with Crippen LogP contribution in [-0.2, 0) is 0 Å². The van der Waals surface area contributed by atoms with Crippen LogP contribution in [0, 0.1) is 5.92 Å². The lowest BCUT2D eigenvalue weighted by Crippen LogP contribution is -2.30. The molecule has 1 aromatic carbocycles. The molecule has 19 heavy (non-hydrogen) atoms. The number of benzene rings is 1. The lowest BCUT2D eigenvalue weighted by Gasteiger charge is -2.27. The molecule has 0 aliphatic rings. The Balaban J connectivity index is 2.66. The third-order valence-electron chi connectivity index (χ3n) is 3.38. The van der Waals surface area contributed by atoms with E-state index >= 15 is 0 Å². The summed E-state index contributed by atoms with van der Waals surface area (Å²) in [6.45, 7) is 10.1. The Morgan fingerprint density at radius 2 is 1.79 bits per heavy atom. The van der Waals surface area contributed by atoms with E-state index in [1.54, 1.807) is 0 Å². The predicted octanol–water partition coefficient (Wildman–Crippen LogP) is 4.90. The first-order valence-corrected chi connectivity index (χ1v) is 8.63. The Bertz CT molecular complexity index is 323. The van der Waals surface area contributed by atoms with E-state index in [9.17, 15) is 0 Å². The Morgan fingerprint density at radius 3 is 2.32 bits per heavy atom. The van der Waals surface area contributed by atoms with Crippen LogP contribution < -0.4 is 5.32 Å². The minimum Gasteiger partial charge on any atom is -0.309 e. The molecule has 0 aromatic heterocycles. The van der Waals surface area contributed by atoms with Crippen LogP contribution >= 0.6 is 11.8 Å². The van der Waals surface area contributed by atoms with Gasteiger partial charge in [-0.05, 0) is 36.6 Å². The highest BCUT2D eigenvalue weighted by Crippen LogP contribution is 2.30. The molecule has 108 valence electrons. The van der Waals surface area contributed by atoms with Crippen LogP contribution in [0.3, 0.4) is 0 Å². The highest BCUT2D eigenvalue weighted by molar-refractivity contribution is 7.99. The molecule has 0 radical (unpaired) electrons. The number of thioether (sulfide) groups is 1. The fraction of sp³-hybridized carbons (Fsp3) is 0.647. The van der Waals surface area contributed by atoms with Crippen molar-refractivity contribution in [2.45, 2.75) is 51.8 Å². The number of rotatable bonds is 9. The van der Waals surface area contributed by atoms with Crippen molar-refractivity contribution in [2.75, 3.05) is 12.3 Å². The molecule has 1 rings (SSSR count). The summed E-state index contributed by atoms with van der Waals surface area (Å²) in [5.41, 5.74) is 1.42. The molecule has 0 amide bonds. The van der Waals surface area contributed by atoms with E-state index in [2.05, 4.69) is 75.1 Å². The highest BCUT2D eigenvalue weighted by atomic mass is 32.2. The second-order valence-corrected chi connectivity index (χ2v) is 6.79. The van der Waals surface area contributed by atoms with Crippen molar-refractivity contribution < 1.29 is 0 Å². The molecular formula is C17H29NS. The molecule has 0 aliphatic heterocycles. The van der Waals surface area contributed by atoms with Gasteiger partial charge in [-0.2, -0.15) is 11.8 Å². The Hall–Kier alpha value is -0.470. The van der Waals surface area contributed by atoms with Crippen molar-refractivity contribution in [3.63, 3.8) is 0 Å². The van der Waals surface area contributed by atoms with E-state index in [0.717, 1.165) is 12.5 Å². The third-order valence-corrected chi connectivity index (χ3v) is 4.89. The van der Waals surface area contributed by atoms with Crippen LogP contribution in [0.4, 0.5) is 0 Å². The fourth-order valence-electron chi connectivity index (χ4n) is 2.25. The van der Waals surface area contributed by atoms with Crippen molar-refractivity contribution in [2.24, 2.45) is 5.92 Å². The van der Waals surface area contributed by atoms with Gasteiger partial charge in [0.1, 0.15) is 0 Å². The van der Waals surface area contributed by atoms with Gasteiger partial charge in [0.2, 0.25) is 0 Å². The zero-order valence-corrected chi connectivity index (χ0v) is 13.7. The van der Waals surface area contributed by atoms with Gasteiger partial charge in [0.05, 0.1) is 0 Å². The van der Waals surface area contributed by atoms with Crippen LogP contribution in [0.1, 0.15) is 52.1 Å². The number of nitrogens with one attached hydrogen (secondary N) is 1. The van der Waals surface area contributed by atoms with Crippen molar-refractivity contribution in [1.29, 1.82) is 0 Å². The van der Waals surface area contributed by atoms with E-state index in [-0.39, 0.29) is 0 Å². The molecule has 0 saturated carbocycles. The molecule has 1 aromatic rings. The summed E-state index contributed by atoms with van der Waals surface area (Å²) in [5, 5.41) is 4.33. The molecule has 0 fully saturated rings. The first-order chi connectivity index (χ1) is 9.19. The maximum Gasteiger partial charge on any atom is 0.0440 e. The monoisotopic (exact) mass is 279 g/mol. The summed E-state index contributed by atoms with van der Waals surface area (Å²) in [5.74, 6) is 2.07. The molecule has 0 bridgehead atoms. The van der Waals surface area contributed by atoms with Gasteiger partial charge in [-0.15, -0.1) is 0 Å². The quantitative estimate of drug-likeness (QED) is 0.690. The first kappa shape index (κ1) is 16.6. The van der Waals surface area contributed by atoms with Crippen LogP contribution in [0.25, 0.3) is 0 Å². The summed E-state index contributed by atoms with van der Waals surface area (Å²) in [6.07, 6.45) is 2.53. The van der Waals surface area contributed by atoms with Gasteiger partial charge < -0.3 is 5.32 Å². The summed E-state index contributed by atoms with van der Waals surface area (Å²) in [7, 11) is 0. The molecule has 0 heterocycles. The molecule has 0 saturated heterocycles. The Morgan fingerprint density at radius 1 is 1.11 bits per heavy atom. The molecule has 1 nitrogen and oxygen atoms in total. The molecule has 2 heteroatoms. The minimum atomic E-state index is 0.480. The van der Waals surface area contributed by atoms with Gasteiger partial charge in [-0.3, -0.25) is 0 Å². The molecule has 2 atom stereocenters. The smallest absolute Gasteiger partial charge is 0.0440 e. The topological polar surface area (TPSA) is 12.0 Å². The predicted molar refractivity (Wildman–Crippen MR) is 88.9 cm³/mol. The SMILES string of the molecule is CCNC(c1ccccc1)C(CC)SCCC(C)C. The zero-order valence-electron chi connectivity index (χ0n) is 12.9. The normalized spacial score (nSPS) is 14.6. The second kappa shape index (κ2) is 9.44. The van der Waals surface area contributed by atoms with Gasteiger partial charge in [0.15, 0.2) is 0 Å². The van der Waals surface area contributed by atoms with Crippen LogP contribution in [0.5, 0.6) is 0 Å². The summed E-state index contributed by atoms with van der Waals surface area (Å²) in [6, 6.07) is 11.4. The van der Waals surface area contributed by atoms with Gasteiger partial charge >= 0.3 is 0 Å². The van der Waals surface area contributed by atoms with E-state index in [1.165, 1.54) is 24.2 Å². The minimum absolute atomic E-state index is 0.480. The van der Waals surface area contributed by atoms with Crippen LogP contribution in [-0.4, -0.2) is 17.5 Å². The van der Waals surface area contributed by atoms with Crippen LogP contribution in [0.15, 0.2) is 30.3 Å². The molecule has 0 aliphatic carbocycles. The lowest BCUT2D eigenvalue weighted by molar-refractivity contribution is 0.520. The number of hydrogen-bond acceptors (Lipinski definition) is 2. The highest BCUT2D eigenvalue weighted by Gasteiger charge is 2.21. The molecular weight excluding hydrogens is 250 g/mol. The standard InChI is InChI=1S/C17H29NS/c1-5-16(19-13-12-14(3)4)17(18-6-2)15-10-8-7-9-11-15/h7-11,14,16-18H,5-6,12-13H2,1-4H3. The van der Waals surface area contributed by atoms with Gasteiger partial charge in [0.25, 0.3) is 0 Å². The maximum absolute atomic E-state index is 3.67. The van der Waals surface area contributed by atoms with Gasteiger partial charge in [0, 0.05) is 11.3 Å². The average Bonchev–Trinajstić information content (AvgIpc) is 2.42. The van der Waals surface area contributed by atoms with E-state index in [0.29, 0.717) is 11.3 Å². The summed E-state index contributed by atoms with van der Waals surface area (Å²) >= 11 is 2.13. The lowest BCUT2D eigenvalue weighted by atomic mass is 10.0. The fourth-order valence-corrected chi connectivity index (χ4v) is 3.84. The van der Waals surface area contributed by atoms with Crippen molar-refractivity contribution in [3.8, 4) is 0 Å². The number of hydrogen-bond donors (Lipinski definition) is 1. The van der Waals surface area contributed by atoms with Crippen molar-refractivity contribution in [1.82, 2.24) is 5.32 Å². The zero-order chi connectivity index (χ0) is 14.1. The summed E-state index contributed by atoms with van der Waals surface area (Å²) in [4.78, 5) is 0. The van der Waals surface area contributed by atoms with E-state index < -0.39 is 0 Å². The van der Waals surface area contributed by atoms with E-state index in [4.69, 9.17) is 0 Å². The summed E-state index contributed by atoms with van der Waals surface area (Å²) < 4.78 is 0. The largest absolute Gasteiger partial charge is 0.309 e. The average molecular weight is 279 g/mol. The Labute approximate surface area is 123 Å². The molecule has 1 N–H and O–H groups in total. The maximum atomic E-state index is 3.67. The van der Waals surface area contributed by atoms with E-state index in [1.807, 2.05) is 0 Å². The first-order valence-electron chi connectivity index (χ1n) is 7.58.